The van der Waals surface area contributed by atoms with Crippen molar-refractivity contribution in [3.8, 4) is 11.3 Å². The average Bonchev–Trinajstić information content (AvgIpc) is 3.29. The van der Waals surface area contributed by atoms with Gasteiger partial charge in [-0.1, -0.05) is 29.8 Å². The lowest BCUT2D eigenvalue weighted by atomic mass is 10.1. The molecular formula is C22H15ClN2O3. The van der Waals surface area contributed by atoms with E-state index in [-0.39, 0.29) is 0 Å². The molecule has 2 heterocycles. The summed E-state index contributed by atoms with van der Waals surface area (Å²) in [6.45, 7) is 1.69. The monoisotopic (exact) mass is 390 g/mol. The van der Waals surface area contributed by atoms with E-state index < -0.39 is 11.8 Å². The third-order valence-corrected chi connectivity index (χ3v) is 4.57. The van der Waals surface area contributed by atoms with Crippen LogP contribution in [0, 0.1) is 0 Å². The minimum atomic E-state index is -0.476. The second-order valence-electron chi connectivity index (χ2n) is 6.24. The summed E-state index contributed by atoms with van der Waals surface area (Å²) < 4.78 is 5.82. The van der Waals surface area contributed by atoms with Gasteiger partial charge in [-0.15, -0.1) is 0 Å². The van der Waals surface area contributed by atoms with Crippen LogP contribution in [0.25, 0.3) is 17.4 Å². The van der Waals surface area contributed by atoms with Crippen LogP contribution in [0.5, 0.6) is 0 Å². The number of carbonyl (C=O) groups excluding carboxylic acids is 2. The van der Waals surface area contributed by atoms with E-state index in [1.54, 1.807) is 61.5 Å². The number of furan rings is 1. The van der Waals surface area contributed by atoms with Gasteiger partial charge in [-0.05, 0) is 61.5 Å². The number of nitrogens with zero attached hydrogens (tertiary/aromatic N) is 2. The van der Waals surface area contributed by atoms with Crippen LogP contribution in [0.4, 0.5) is 0 Å². The Morgan fingerprint density at radius 2 is 1.75 bits per heavy atom. The molecular weight excluding hydrogens is 376 g/mol. The normalized spacial score (nSPS) is 15.2. The molecule has 0 bridgehead atoms. The topological polar surface area (TPSA) is 62.9 Å². The van der Waals surface area contributed by atoms with Crippen LogP contribution in [0.3, 0.4) is 0 Å². The zero-order valence-electron chi connectivity index (χ0n) is 14.9. The number of carbonyl (C=O) groups is 2. The highest BCUT2D eigenvalue weighted by molar-refractivity contribution is 6.31. The molecule has 28 heavy (non-hydrogen) atoms. The minimum absolute atomic E-state index is 0.321. The van der Waals surface area contributed by atoms with E-state index in [1.807, 2.05) is 18.2 Å². The lowest BCUT2D eigenvalue weighted by Crippen LogP contribution is -2.29. The van der Waals surface area contributed by atoms with Crippen molar-refractivity contribution in [2.24, 2.45) is 5.10 Å². The highest BCUT2D eigenvalue weighted by Crippen LogP contribution is 2.26. The van der Waals surface area contributed by atoms with Gasteiger partial charge in [0.05, 0.1) is 11.3 Å². The van der Waals surface area contributed by atoms with Gasteiger partial charge in [-0.3, -0.25) is 9.59 Å². The number of imide groups is 1. The fraction of sp³-hybridized carbons (Fsp3) is 0.0455. The molecule has 0 spiro atoms. The van der Waals surface area contributed by atoms with E-state index >= 15 is 0 Å². The quantitative estimate of drug-likeness (QED) is 0.464. The third kappa shape index (κ3) is 3.40. The molecule has 3 aromatic rings. The first-order valence-corrected chi connectivity index (χ1v) is 8.97. The Hall–Kier alpha value is -3.44. The van der Waals surface area contributed by atoms with E-state index in [0.29, 0.717) is 33.4 Å². The summed E-state index contributed by atoms with van der Waals surface area (Å²) in [7, 11) is 0. The number of halogens is 1. The van der Waals surface area contributed by atoms with Crippen molar-refractivity contribution in [3.05, 3.63) is 88.6 Å². The van der Waals surface area contributed by atoms with Crippen molar-refractivity contribution in [2.45, 2.75) is 6.92 Å². The van der Waals surface area contributed by atoms with E-state index in [1.165, 1.54) is 0 Å². The van der Waals surface area contributed by atoms with Gasteiger partial charge in [-0.25, -0.2) is 0 Å². The molecule has 6 heteroatoms. The minimum Gasteiger partial charge on any atom is -0.457 e. The molecule has 0 aliphatic carbocycles. The SMILES string of the molecule is CC1=NN(C(=O)c2ccccc2)C(=O)C1=Cc1ccc(-c2ccc(Cl)cc2)o1. The fourth-order valence-electron chi connectivity index (χ4n) is 2.87. The van der Waals surface area contributed by atoms with Crippen molar-refractivity contribution >= 4 is 35.2 Å². The summed E-state index contributed by atoms with van der Waals surface area (Å²) in [6.07, 6.45) is 1.60. The van der Waals surface area contributed by atoms with Crippen LogP contribution >= 0.6 is 11.6 Å². The standard InChI is InChI=1S/C22H15ClN2O3/c1-14-19(22(27)25(24-14)21(26)16-5-3-2-4-6-16)13-18-11-12-20(28-18)15-7-9-17(23)10-8-15/h2-13H,1H3. The van der Waals surface area contributed by atoms with Gasteiger partial charge in [-0.2, -0.15) is 10.1 Å². The van der Waals surface area contributed by atoms with E-state index in [0.717, 1.165) is 10.6 Å². The number of amides is 2. The summed E-state index contributed by atoms with van der Waals surface area (Å²) in [5, 5.41) is 5.66. The predicted molar refractivity (Wildman–Crippen MR) is 108 cm³/mol. The van der Waals surface area contributed by atoms with E-state index in [4.69, 9.17) is 16.0 Å². The smallest absolute Gasteiger partial charge is 0.283 e. The zero-order chi connectivity index (χ0) is 19.7. The molecule has 1 aliphatic heterocycles. The first-order valence-electron chi connectivity index (χ1n) is 8.60. The maximum absolute atomic E-state index is 12.7. The van der Waals surface area contributed by atoms with Gasteiger partial charge in [0.15, 0.2) is 0 Å². The molecule has 0 N–H and O–H groups in total. The Labute approximate surface area is 166 Å². The number of benzene rings is 2. The molecule has 5 nitrogen and oxygen atoms in total. The Morgan fingerprint density at radius 3 is 2.46 bits per heavy atom. The molecule has 0 atom stereocenters. The average molecular weight is 391 g/mol. The van der Waals surface area contributed by atoms with Gasteiger partial charge in [0, 0.05) is 16.1 Å². The van der Waals surface area contributed by atoms with Crippen LogP contribution in [0.15, 0.2) is 81.8 Å². The lowest BCUT2D eigenvalue weighted by molar-refractivity contribution is -0.123. The van der Waals surface area contributed by atoms with Crippen molar-refractivity contribution in [3.63, 3.8) is 0 Å². The maximum atomic E-state index is 12.7. The molecule has 0 radical (unpaired) electrons. The van der Waals surface area contributed by atoms with Crippen molar-refractivity contribution < 1.29 is 14.0 Å². The highest BCUT2D eigenvalue weighted by Gasteiger charge is 2.33. The molecule has 0 saturated heterocycles. The molecule has 2 aromatic carbocycles. The van der Waals surface area contributed by atoms with Crippen LogP contribution in [-0.2, 0) is 4.79 Å². The second-order valence-corrected chi connectivity index (χ2v) is 6.68. The second kappa shape index (κ2) is 7.29. The Balaban J connectivity index is 1.59. The summed E-state index contributed by atoms with van der Waals surface area (Å²) in [5.74, 6) is 0.211. The molecule has 1 aromatic heterocycles. The summed E-state index contributed by atoms with van der Waals surface area (Å²) in [6, 6.07) is 19.4. The highest BCUT2D eigenvalue weighted by atomic mass is 35.5. The molecule has 2 amide bonds. The Morgan fingerprint density at radius 1 is 1.04 bits per heavy atom. The van der Waals surface area contributed by atoms with Gasteiger partial charge in [0.1, 0.15) is 11.5 Å². The van der Waals surface area contributed by atoms with Crippen LogP contribution in [0.2, 0.25) is 5.02 Å². The van der Waals surface area contributed by atoms with Crippen LogP contribution in [0.1, 0.15) is 23.0 Å². The van der Waals surface area contributed by atoms with Crippen molar-refractivity contribution in [2.75, 3.05) is 0 Å². The summed E-state index contributed by atoms with van der Waals surface area (Å²) in [4.78, 5) is 25.3. The number of rotatable bonds is 3. The van der Waals surface area contributed by atoms with Crippen LogP contribution < -0.4 is 0 Å². The molecule has 1 aliphatic rings. The lowest BCUT2D eigenvalue weighted by Gasteiger charge is -2.09. The van der Waals surface area contributed by atoms with Gasteiger partial charge in [0.2, 0.25) is 0 Å². The van der Waals surface area contributed by atoms with E-state index in [9.17, 15) is 9.59 Å². The largest absolute Gasteiger partial charge is 0.457 e. The first kappa shape index (κ1) is 17.9. The molecule has 0 saturated carbocycles. The van der Waals surface area contributed by atoms with Crippen LogP contribution in [-0.4, -0.2) is 22.5 Å². The molecule has 138 valence electrons. The Bertz CT molecular complexity index is 1110. The summed E-state index contributed by atoms with van der Waals surface area (Å²) in [5.41, 5.74) is 2.05. The number of hydrogen-bond donors (Lipinski definition) is 0. The fourth-order valence-corrected chi connectivity index (χ4v) is 2.99. The molecule has 0 fully saturated rings. The number of hydrazone groups is 1. The first-order chi connectivity index (χ1) is 13.5. The molecule has 4 rings (SSSR count). The van der Waals surface area contributed by atoms with Gasteiger partial charge >= 0.3 is 0 Å². The Kier molecular flexibility index (Phi) is 4.67. The van der Waals surface area contributed by atoms with Gasteiger partial charge in [0.25, 0.3) is 11.8 Å². The van der Waals surface area contributed by atoms with Crippen molar-refractivity contribution in [1.82, 2.24) is 5.01 Å². The predicted octanol–water partition coefficient (Wildman–Crippen LogP) is 5.04. The summed E-state index contributed by atoms with van der Waals surface area (Å²) >= 11 is 5.91. The number of hydrogen-bond acceptors (Lipinski definition) is 4. The maximum Gasteiger partial charge on any atom is 0.283 e. The van der Waals surface area contributed by atoms with Crippen molar-refractivity contribution in [1.29, 1.82) is 0 Å². The molecule has 0 unspecified atom stereocenters. The third-order valence-electron chi connectivity index (χ3n) is 4.32. The van der Waals surface area contributed by atoms with E-state index in [2.05, 4.69) is 5.10 Å². The zero-order valence-corrected chi connectivity index (χ0v) is 15.7. The van der Waals surface area contributed by atoms with Gasteiger partial charge < -0.3 is 4.42 Å².